The van der Waals surface area contributed by atoms with Crippen molar-refractivity contribution < 1.29 is 19.4 Å². The lowest BCUT2D eigenvalue weighted by atomic mass is 10.2. The predicted molar refractivity (Wildman–Crippen MR) is 60.7 cm³/mol. The molecule has 4 nitrogen and oxygen atoms in total. The highest BCUT2D eigenvalue weighted by Crippen LogP contribution is 1.98. The summed E-state index contributed by atoms with van der Waals surface area (Å²) in [6.07, 6.45) is 0.112. The highest BCUT2D eigenvalue weighted by molar-refractivity contribution is 6.61. The third-order valence-corrected chi connectivity index (χ3v) is 1.57. The largest absolute Gasteiger partial charge is 0.481 e. The molecule has 0 fully saturated rings. The molecule has 5 heteroatoms. The number of carbonyl (C=O) groups is 2. The molecule has 0 unspecified atom stereocenters. The topological polar surface area (TPSA) is 63.6 Å². The summed E-state index contributed by atoms with van der Waals surface area (Å²) in [5, 5.41) is 8.37. The van der Waals surface area contributed by atoms with Crippen molar-refractivity contribution in [3.05, 3.63) is 35.9 Å². The van der Waals surface area contributed by atoms with Crippen molar-refractivity contribution in [2.75, 3.05) is 6.61 Å². The lowest BCUT2D eigenvalue weighted by Gasteiger charge is -1.92. The Morgan fingerprint density at radius 1 is 1.31 bits per heavy atom. The van der Waals surface area contributed by atoms with E-state index in [-0.39, 0.29) is 6.42 Å². The third kappa shape index (κ3) is 9.02. The van der Waals surface area contributed by atoms with Gasteiger partial charge in [0, 0.05) is 11.6 Å². The molecule has 0 aliphatic carbocycles. The van der Waals surface area contributed by atoms with Gasteiger partial charge in [0.25, 0.3) is 0 Å². The van der Waals surface area contributed by atoms with Gasteiger partial charge < -0.3 is 9.84 Å². The number of benzene rings is 1. The van der Waals surface area contributed by atoms with Crippen molar-refractivity contribution in [3.63, 3.8) is 0 Å². The Hall–Kier alpha value is -1.55. The van der Waals surface area contributed by atoms with Crippen molar-refractivity contribution in [2.45, 2.75) is 13.3 Å². The van der Waals surface area contributed by atoms with Crippen molar-refractivity contribution in [1.82, 2.24) is 0 Å². The second-order valence-electron chi connectivity index (χ2n) is 2.73. The van der Waals surface area contributed by atoms with E-state index in [1.165, 1.54) is 0 Å². The Morgan fingerprint density at radius 2 is 1.88 bits per heavy atom. The maximum atomic E-state index is 10.2. The van der Waals surface area contributed by atoms with E-state index >= 15 is 0 Å². The van der Waals surface area contributed by atoms with Gasteiger partial charge in [0.1, 0.15) is 0 Å². The first kappa shape index (κ1) is 14.5. The summed E-state index contributed by atoms with van der Waals surface area (Å²) in [6, 6.07) is 9.13. The Kier molecular flexibility index (Phi) is 7.89. The molecular weight excluding hydrogens is 232 g/mol. The van der Waals surface area contributed by atoms with Crippen LogP contribution in [0.4, 0.5) is 4.79 Å². The zero-order chi connectivity index (χ0) is 12.4. The lowest BCUT2D eigenvalue weighted by molar-refractivity contribution is -0.136. The van der Waals surface area contributed by atoms with Crippen molar-refractivity contribution in [3.8, 4) is 0 Å². The number of aliphatic carboxylic acids is 1. The lowest BCUT2D eigenvalue weighted by Crippen LogP contribution is -1.98. The van der Waals surface area contributed by atoms with Crippen molar-refractivity contribution >= 4 is 23.0 Å². The molecule has 0 spiro atoms. The van der Waals surface area contributed by atoms with E-state index in [4.69, 9.17) is 16.7 Å². The smallest absolute Gasteiger partial charge is 0.403 e. The molecule has 1 N–H and O–H groups in total. The minimum absolute atomic E-state index is 0.112. The monoisotopic (exact) mass is 244 g/mol. The number of carboxylic acids is 1. The van der Waals surface area contributed by atoms with Crippen LogP contribution in [-0.2, 0) is 16.0 Å². The van der Waals surface area contributed by atoms with Gasteiger partial charge in [-0.2, -0.15) is 0 Å². The second kappa shape index (κ2) is 8.73. The SMILES string of the molecule is CCOC(=O)Cl.O=C(O)Cc1ccccc1. The number of carboxylic acid groups (broad SMARTS) is 1. The molecule has 0 aliphatic heterocycles. The van der Waals surface area contributed by atoms with Crippen LogP contribution in [0.25, 0.3) is 0 Å². The maximum Gasteiger partial charge on any atom is 0.403 e. The number of hydrogen-bond donors (Lipinski definition) is 1. The molecule has 0 aromatic heterocycles. The van der Waals surface area contributed by atoms with Crippen LogP contribution in [0.15, 0.2) is 30.3 Å². The highest BCUT2D eigenvalue weighted by atomic mass is 35.5. The van der Waals surface area contributed by atoms with E-state index in [0.717, 1.165) is 5.56 Å². The standard InChI is InChI=1S/C8H8O2.C3H5ClO2/c9-8(10)6-7-4-2-1-3-5-7;1-2-6-3(4)5/h1-5H,6H2,(H,9,10);2H2,1H3. The van der Waals surface area contributed by atoms with E-state index in [1.807, 2.05) is 18.2 Å². The molecule has 0 saturated heterocycles. The summed E-state index contributed by atoms with van der Waals surface area (Å²) < 4.78 is 4.17. The molecule has 0 aliphatic rings. The van der Waals surface area contributed by atoms with Crippen LogP contribution in [0.3, 0.4) is 0 Å². The Balaban J connectivity index is 0.000000325. The minimum Gasteiger partial charge on any atom is -0.481 e. The number of ether oxygens (including phenoxy) is 1. The summed E-state index contributed by atoms with van der Waals surface area (Å²) in [6.45, 7) is 2.04. The van der Waals surface area contributed by atoms with E-state index in [0.29, 0.717) is 6.61 Å². The normalized spacial score (nSPS) is 8.62. The van der Waals surface area contributed by atoms with Crippen LogP contribution in [0, 0.1) is 0 Å². The second-order valence-corrected chi connectivity index (χ2v) is 3.04. The summed E-state index contributed by atoms with van der Waals surface area (Å²) in [5.41, 5.74) is 0.104. The molecule has 88 valence electrons. The van der Waals surface area contributed by atoms with E-state index in [9.17, 15) is 9.59 Å². The van der Waals surface area contributed by atoms with E-state index in [2.05, 4.69) is 4.74 Å². The van der Waals surface area contributed by atoms with Gasteiger partial charge in [-0.25, -0.2) is 4.79 Å². The summed E-state index contributed by atoms with van der Waals surface area (Å²) in [4.78, 5) is 19.8. The maximum absolute atomic E-state index is 10.2. The average Bonchev–Trinajstić information content (AvgIpc) is 2.18. The molecule has 0 bridgehead atoms. The molecule has 0 saturated carbocycles. The van der Waals surface area contributed by atoms with Gasteiger partial charge in [-0.05, 0) is 12.5 Å². The van der Waals surface area contributed by atoms with Crippen LogP contribution in [0.2, 0.25) is 0 Å². The fourth-order valence-corrected chi connectivity index (χ4v) is 0.993. The van der Waals surface area contributed by atoms with E-state index in [1.54, 1.807) is 19.1 Å². The van der Waals surface area contributed by atoms with Gasteiger partial charge in [0.15, 0.2) is 0 Å². The Morgan fingerprint density at radius 3 is 2.19 bits per heavy atom. The van der Waals surface area contributed by atoms with Gasteiger partial charge in [-0.1, -0.05) is 30.3 Å². The molecule has 16 heavy (non-hydrogen) atoms. The fourth-order valence-electron chi connectivity index (χ4n) is 0.884. The quantitative estimate of drug-likeness (QED) is 0.831. The fraction of sp³-hybridized carbons (Fsp3) is 0.273. The molecule has 0 heterocycles. The molecule has 1 rings (SSSR count). The van der Waals surface area contributed by atoms with Crippen LogP contribution >= 0.6 is 11.6 Å². The highest BCUT2D eigenvalue weighted by Gasteiger charge is 1.96. The molecule has 1 aromatic rings. The summed E-state index contributed by atoms with van der Waals surface area (Å²) >= 11 is 4.72. The van der Waals surface area contributed by atoms with Crippen LogP contribution in [-0.4, -0.2) is 23.1 Å². The van der Waals surface area contributed by atoms with Gasteiger partial charge in [-0.3, -0.25) is 4.79 Å². The zero-order valence-corrected chi connectivity index (χ0v) is 9.61. The van der Waals surface area contributed by atoms with E-state index < -0.39 is 11.4 Å². The van der Waals surface area contributed by atoms with Crippen molar-refractivity contribution in [1.29, 1.82) is 0 Å². The van der Waals surface area contributed by atoms with Crippen molar-refractivity contribution in [2.24, 2.45) is 0 Å². The first-order valence-corrected chi connectivity index (χ1v) is 5.02. The molecule has 0 radical (unpaired) electrons. The molecular formula is C11H13ClO4. The number of carbonyl (C=O) groups excluding carboxylic acids is 1. The third-order valence-electron chi connectivity index (χ3n) is 1.46. The van der Waals surface area contributed by atoms with Gasteiger partial charge >= 0.3 is 11.4 Å². The number of hydrogen-bond acceptors (Lipinski definition) is 3. The Bertz CT molecular complexity index is 324. The Labute approximate surface area is 98.8 Å². The zero-order valence-electron chi connectivity index (χ0n) is 8.85. The first-order valence-electron chi connectivity index (χ1n) is 4.64. The summed E-state index contributed by atoms with van der Waals surface area (Å²) in [7, 11) is 0. The molecule has 1 aromatic carbocycles. The number of rotatable bonds is 3. The van der Waals surface area contributed by atoms with Crippen LogP contribution in [0.5, 0.6) is 0 Å². The van der Waals surface area contributed by atoms with Gasteiger partial charge in [0.05, 0.1) is 13.0 Å². The van der Waals surface area contributed by atoms with Crippen LogP contribution in [0.1, 0.15) is 12.5 Å². The first-order chi connectivity index (χ1) is 7.56. The van der Waals surface area contributed by atoms with Gasteiger partial charge in [-0.15, -0.1) is 0 Å². The predicted octanol–water partition coefficient (Wildman–Crippen LogP) is 2.70. The molecule has 0 amide bonds. The average molecular weight is 245 g/mol. The summed E-state index contributed by atoms with van der Waals surface area (Å²) in [5.74, 6) is -0.786. The number of halogens is 1. The molecule has 0 atom stereocenters. The van der Waals surface area contributed by atoms with Gasteiger partial charge in [0.2, 0.25) is 0 Å². The van der Waals surface area contributed by atoms with Crippen LogP contribution < -0.4 is 0 Å². The minimum atomic E-state index is -0.786.